The highest BCUT2D eigenvalue weighted by molar-refractivity contribution is 5.32. The molecule has 0 amide bonds. The molecule has 96 valence electrons. The van der Waals surface area contributed by atoms with Gasteiger partial charge in [0.2, 0.25) is 11.9 Å². The van der Waals surface area contributed by atoms with Crippen molar-refractivity contribution < 1.29 is 4.74 Å². The lowest BCUT2D eigenvalue weighted by atomic mass is 9.81. The number of nitrogens with one attached hydrogen (secondary N) is 1. The Bertz CT molecular complexity index is 378. The summed E-state index contributed by atoms with van der Waals surface area (Å²) in [4.78, 5) is 11.9. The van der Waals surface area contributed by atoms with Crippen molar-refractivity contribution in [3.05, 3.63) is 0 Å². The number of nitrogens with two attached hydrogens (primary N) is 1. The van der Waals surface area contributed by atoms with Crippen molar-refractivity contribution in [1.82, 2.24) is 15.0 Å². The van der Waals surface area contributed by atoms with E-state index in [1.54, 1.807) is 0 Å². The van der Waals surface area contributed by atoms with Crippen LogP contribution in [-0.4, -0.2) is 28.6 Å². The summed E-state index contributed by atoms with van der Waals surface area (Å²) in [6.45, 7) is 9.50. The summed E-state index contributed by atoms with van der Waals surface area (Å²) in [5, 5.41) is 3.16. The molecule has 0 aliphatic carbocycles. The van der Waals surface area contributed by atoms with E-state index in [-0.39, 0.29) is 17.4 Å². The third kappa shape index (κ3) is 3.72. The zero-order valence-corrected chi connectivity index (χ0v) is 11.1. The highest BCUT2D eigenvalue weighted by atomic mass is 16.5. The van der Waals surface area contributed by atoms with Gasteiger partial charge < -0.3 is 15.8 Å². The Morgan fingerprint density at radius 1 is 1.29 bits per heavy atom. The molecule has 0 bridgehead atoms. The third-order valence-corrected chi connectivity index (χ3v) is 3.08. The van der Waals surface area contributed by atoms with E-state index in [2.05, 4.69) is 48.0 Å². The van der Waals surface area contributed by atoms with Crippen LogP contribution in [0.3, 0.4) is 0 Å². The number of anilines is 2. The zero-order valence-electron chi connectivity index (χ0n) is 11.1. The lowest BCUT2D eigenvalue weighted by molar-refractivity contribution is 0.269. The van der Waals surface area contributed by atoms with Gasteiger partial charge in [0.05, 0.1) is 7.11 Å². The molecule has 0 saturated carbocycles. The van der Waals surface area contributed by atoms with Gasteiger partial charge in [-0.1, -0.05) is 27.7 Å². The summed E-state index contributed by atoms with van der Waals surface area (Å²) < 4.78 is 4.93. The summed E-state index contributed by atoms with van der Waals surface area (Å²) in [6, 6.07) is 0.224. The quantitative estimate of drug-likeness (QED) is 0.811. The van der Waals surface area contributed by atoms with Gasteiger partial charge in [0.1, 0.15) is 0 Å². The molecule has 0 spiro atoms. The van der Waals surface area contributed by atoms with Crippen molar-refractivity contribution in [3.8, 4) is 6.01 Å². The number of methoxy groups -OCH3 is 1. The number of hydrogen-bond donors (Lipinski definition) is 2. The summed E-state index contributed by atoms with van der Waals surface area (Å²) in [7, 11) is 1.50. The smallest absolute Gasteiger partial charge is 0.322 e. The van der Waals surface area contributed by atoms with Crippen LogP contribution in [0.2, 0.25) is 0 Å². The molecule has 0 aliphatic rings. The molecule has 3 N–H and O–H groups in total. The molecular weight excluding hydrogens is 218 g/mol. The van der Waals surface area contributed by atoms with E-state index in [1.807, 2.05) is 0 Å². The van der Waals surface area contributed by atoms with Gasteiger partial charge in [0.25, 0.3) is 0 Å². The summed E-state index contributed by atoms with van der Waals surface area (Å²) >= 11 is 0. The number of nitrogens with zero attached hydrogens (tertiary/aromatic N) is 3. The average molecular weight is 239 g/mol. The van der Waals surface area contributed by atoms with Gasteiger partial charge >= 0.3 is 6.01 Å². The van der Waals surface area contributed by atoms with Crippen molar-refractivity contribution in [2.24, 2.45) is 11.3 Å². The summed E-state index contributed by atoms with van der Waals surface area (Å²) in [5.41, 5.74) is 5.70. The number of nitrogen functional groups attached to an aromatic ring is 1. The van der Waals surface area contributed by atoms with Gasteiger partial charge in [0, 0.05) is 6.54 Å². The Morgan fingerprint density at radius 2 is 1.94 bits per heavy atom. The number of ether oxygens (including phenoxy) is 1. The zero-order chi connectivity index (χ0) is 13.1. The van der Waals surface area contributed by atoms with Crippen LogP contribution in [0.1, 0.15) is 27.7 Å². The van der Waals surface area contributed by atoms with Crippen LogP contribution < -0.4 is 15.8 Å². The fourth-order valence-electron chi connectivity index (χ4n) is 1.05. The molecule has 0 unspecified atom stereocenters. The average Bonchev–Trinajstić information content (AvgIpc) is 2.25. The van der Waals surface area contributed by atoms with Crippen LogP contribution in [-0.2, 0) is 0 Å². The van der Waals surface area contributed by atoms with Crippen molar-refractivity contribution >= 4 is 11.9 Å². The maximum Gasteiger partial charge on any atom is 0.322 e. The van der Waals surface area contributed by atoms with Gasteiger partial charge in [-0.2, -0.15) is 15.0 Å². The molecule has 0 fully saturated rings. The molecule has 1 aromatic heterocycles. The van der Waals surface area contributed by atoms with Crippen molar-refractivity contribution in [2.45, 2.75) is 27.7 Å². The Labute approximate surface area is 102 Å². The van der Waals surface area contributed by atoms with Crippen LogP contribution in [0, 0.1) is 11.3 Å². The molecule has 0 saturated heterocycles. The highest BCUT2D eigenvalue weighted by Gasteiger charge is 2.22. The second-order valence-corrected chi connectivity index (χ2v) is 5.00. The Kier molecular flexibility index (Phi) is 4.09. The van der Waals surface area contributed by atoms with Gasteiger partial charge in [-0.15, -0.1) is 0 Å². The van der Waals surface area contributed by atoms with E-state index in [0.29, 0.717) is 11.9 Å². The number of hydrogen-bond acceptors (Lipinski definition) is 6. The largest absolute Gasteiger partial charge is 0.467 e. The van der Waals surface area contributed by atoms with Crippen LogP contribution in [0.15, 0.2) is 0 Å². The van der Waals surface area contributed by atoms with E-state index in [4.69, 9.17) is 10.5 Å². The predicted octanol–water partition coefficient (Wildman–Crippen LogP) is 1.56. The first kappa shape index (κ1) is 13.5. The second-order valence-electron chi connectivity index (χ2n) is 5.00. The monoisotopic (exact) mass is 239 g/mol. The first-order valence-corrected chi connectivity index (χ1v) is 5.64. The van der Waals surface area contributed by atoms with Gasteiger partial charge in [0.15, 0.2) is 0 Å². The van der Waals surface area contributed by atoms with Crippen LogP contribution in [0.4, 0.5) is 11.9 Å². The lowest BCUT2D eigenvalue weighted by Crippen LogP contribution is -2.29. The normalized spacial score (nSPS) is 11.6. The van der Waals surface area contributed by atoms with Crippen molar-refractivity contribution in [1.29, 1.82) is 0 Å². The fourth-order valence-corrected chi connectivity index (χ4v) is 1.05. The van der Waals surface area contributed by atoms with Gasteiger partial charge in [-0.25, -0.2) is 0 Å². The third-order valence-electron chi connectivity index (χ3n) is 3.08. The molecular formula is C11H21N5O. The molecule has 17 heavy (non-hydrogen) atoms. The number of rotatable bonds is 5. The SMILES string of the molecule is COc1nc(N)nc(NCC(C)(C)C(C)C)n1. The minimum atomic E-state index is 0.147. The molecule has 0 aromatic carbocycles. The van der Waals surface area contributed by atoms with E-state index >= 15 is 0 Å². The van der Waals surface area contributed by atoms with E-state index < -0.39 is 0 Å². The minimum absolute atomic E-state index is 0.147. The maximum absolute atomic E-state index is 5.55. The van der Waals surface area contributed by atoms with E-state index in [1.165, 1.54) is 7.11 Å². The van der Waals surface area contributed by atoms with Crippen molar-refractivity contribution in [2.75, 3.05) is 24.7 Å². The molecule has 6 heteroatoms. The van der Waals surface area contributed by atoms with Gasteiger partial charge in [-0.05, 0) is 11.3 Å². The molecule has 1 aromatic rings. The highest BCUT2D eigenvalue weighted by Crippen LogP contribution is 2.25. The molecule has 0 aliphatic heterocycles. The second kappa shape index (κ2) is 5.16. The predicted molar refractivity (Wildman–Crippen MR) is 67.9 cm³/mol. The van der Waals surface area contributed by atoms with E-state index in [0.717, 1.165) is 6.54 Å². The summed E-state index contributed by atoms with van der Waals surface area (Å²) in [5.74, 6) is 1.15. The minimum Gasteiger partial charge on any atom is -0.467 e. The van der Waals surface area contributed by atoms with Gasteiger partial charge in [-0.3, -0.25) is 0 Å². The molecule has 0 atom stereocenters. The Balaban J connectivity index is 2.72. The standard InChI is InChI=1S/C11H21N5O/c1-7(2)11(3,4)6-13-9-14-8(12)15-10(16-9)17-5/h7H,6H2,1-5H3,(H3,12,13,14,15,16). The molecule has 1 rings (SSSR count). The Hall–Kier alpha value is -1.59. The molecule has 6 nitrogen and oxygen atoms in total. The first-order chi connectivity index (χ1) is 7.85. The van der Waals surface area contributed by atoms with Crippen LogP contribution in [0.5, 0.6) is 6.01 Å². The maximum atomic E-state index is 5.55. The van der Waals surface area contributed by atoms with Crippen molar-refractivity contribution in [3.63, 3.8) is 0 Å². The fraction of sp³-hybridized carbons (Fsp3) is 0.727. The van der Waals surface area contributed by atoms with Crippen LogP contribution in [0.25, 0.3) is 0 Å². The topological polar surface area (TPSA) is 86.0 Å². The Morgan fingerprint density at radius 3 is 2.47 bits per heavy atom. The number of aromatic nitrogens is 3. The van der Waals surface area contributed by atoms with E-state index in [9.17, 15) is 0 Å². The molecule has 1 heterocycles. The lowest BCUT2D eigenvalue weighted by Gasteiger charge is -2.29. The van der Waals surface area contributed by atoms with Crippen LogP contribution >= 0.6 is 0 Å². The molecule has 0 radical (unpaired) electrons. The first-order valence-electron chi connectivity index (χ1n) is 5.64. The summed E-state index contributed by atoms with van der Waals surface area (Å²) in [6.07, 6.45) is 0.